The van der Waals surface area contributed by atoms with Crippen LogP contribution in [0.25, 0.3) is 0 Å². The molecule has 196 valence electrons. The fraction of sp³-hybridized carbons (Fsp3) is 0.250. The summed E-state index contributed by atoms with van der Waals surface area (Å²) in [6, 6.07) is 39.1. The molecule has 1 heterocycles. The molecule has 0 radical (unpaired) electrons. The Morgan fingerprint density at radius 2 is 1.05 bits per heavy atom. The molecule has 0 aliphatic carbocycles. The largest absolute Gasteiger partial charge is 0.387 e. The number of rotatable bonds is 9. The van der Waals surface area contributed by atoms with Crippen molar-refractivity contribution >= 4 is 0 Å². The molecule has 38 heavy (non-hydrogen) atoms. The van der Waals surface area contributed by atoms with E-state index in [-0.39, 0.29) is 13.2 Å². The highest BCUT2D eigenvalue weighted by atomic mass is 16.7. The number of aliphatic hydroxyl groups is 3. The van der Waals surface area contributed by atoms with Crippen molar-refractivity contribution < 1.29 is 29.5 Å². The van der Waals surface area contributed by atoms with E-state index in [1.807, 2.05) is 121 Å². The van der Waals surface area contributed by atoms with Crippen molar-refractivity contribution in [3.05, 3.63) is 144 Å². The summed E-state index contributed by atoms with van der Waals surface area (Å²) >= 11 is 0. The Labute approximate surface area is 222 Å². The molecule has 0 bridgehead atoms. The lowest BCUT2D eigenvalue weighted by Crippen LogP contribution is -2.60. The van der Waals surface area contributed by atoms with E-state index in [1.54, 1.807) is 0 Å². The molecule has 1 unspecified atom stereocenters. The minimum Gasteiger partial charge on any atom is -0.387 e. The zero-order chi connectivity index (χ0) is 26.4. The van der Waals surface area contributed by atoms with Crippen LogP contribution in [0.3, 0.4) is 0 Å². The van der Waals surface area contributed by atoms with Crippen molar-refractivity contribution in [1.29, 1.82) is 0 Å². The maximum Gasteiger partial charge on any atom is 0.184 e. The van der Waals surface area contributed by atoms with E-state index in [0.717, 1.165) is 22.3 Å². The van der Waals surface area contributed by atoms with Gasteiger partial charge in [0.1, 0.15) is 30.0 Å². The average molecular weight is 513 g/mol. The predicted octanol–water partition coefficient (Wildman–Crippen LogP) is 4.02. The first kappa shape index (κ1) is 26.3. The van der Waals surface area contributed by atoms with Crippen molar-refractivity contribution in [3.8, 4) is 0 Å². The summed E-state index contributed by atoms with van der Waals surface area (Å²) in [5.41, 5.74) is 2.58. The van der Waals surface area contributed by atoms with Crippen LogP contribution in [0.5, 0.6) is 0 Å². The molecule has 5 rings (SSSR count). The van der Waals surface area contributed by atoms with Gasteiger partial charge in [0.15, 0.2) is 6.29 Å². The van der Waals surface area contributed by atoms with Crippen LogP contribution in [-0.4, -0.2) is 52.6 Å². The third-order valence-electron chi connectivity index (χ3n) is 6.95. The van der Waals surface area contributed by atoms with Gasteiger partial charge in [-0.05, 0) is 22.3 Å². The zero-order valence-electron chi connectivity index (χ0n) is 20.9. The summed E-state index contributed by atoms with van der Waals surface area (Å²) in [6.45, 7) is 0.0940. The van der Waals surface area contributed by atoms with Crippen molar-refractivity contribution in [1.82, 2.24) is 0 Å². The van der Waals surface area contributed by atoms with E-state index >= 15 is 0 Å². The van der Waals surface area contributed by atoms with Crippen molar-refractivity contribution in [2.75, 3.05) is 6.61 Å². The van der Waals surface area contributed by atoms with E-state index in [4.69, 9.17) is 14.2 Å². The molecule has 4 aromatic rings. The zero-order valence-corrected chi connectivity index (χ0v) is 20.9. The van der Waals surface area contributed by atoms with Gasteiger partial charge in [0.25, 0.3) is 0 Å². The van der Waals surface area contributed by atoms with E-state index in [1.165, 1.54) is 0 Å². The number of aliphatic hydroxyl groups excluding tert-OH is 3. The summed E-state index contributed by atoms with van der Waals surface area (Å²) in [6.07, 6.45) is -6.20. The monoisotopic (exact) mass is 512 g/mol. The molecule has 1 saturated heterocycles. The Morgan fingerprint density at radius 1 is 0.605 bits per heavy atom. The summed E-state index contributed by atoms with van der Waals surface area (Å²) < 4.78 is 18.3. The summed E-state index contributed by atoms with van der Waals surface area (Å²) in [5.74, 6) is 0. The van der Waals surface area contributed by atoms with Crippen molar-refractivity contribution in [2.24, 2.45) is 0 Å². The first-order chi connectivity index (χ1) is 18.6. The Kier molecular flexibility index (Phi) is 8.29. The molecule has 1 fully saturated rings. The molecule has 5 atom stereocenters. The fourth-order valence-electron chi connectivity index (χ4n) is 4.99. The van der Waals surface area contributed by atoms with Crippen LogP contribution >= 0.6 is 0 Å². The highest BCUT2D eigenvalue weighted by Gasteiger charge is 2.46. The lowest BCUT2D eigenvalue weighted by atomic mass is 9.80. The molecule has 1 aliphatic heterocycles. The van der Waals surface area contributed by atoms with Crippen LogP contribution in [0.15, 0.2) is 121 Å². The molecule has 0 amide bonds. The second kappa shape index (κ2) is 12.0. The van der Waals surface area contributed by atoms with Crippen LogP contribution in [0.4, 0.5) is 0 Å². The Balaban J connectivity index is 1.45. The second-order valence-electron chi connectivity index (χ2n) is 9.40. The molecule has 0 aromatic heterocycles. The van der Waals surface area contributed by atoms with Crippen LogP contribution in [0, 0.1) is 0 Å². The second-order valence-corrected chi connectivity index (χ2v) is 9.40. The molecule has 1 aliphatic rings. The standard InChI is InChI=1S/C32H32O6/c33-28-27(38-31(35)29(34)30(28)36-21-23-13-5-1-6-14-23)22-37-32(24-15-7-2-8-16-24,25-17-9-3-10-18-25)26-19-11-4-12-20-26/h1-20,27-31,33-35H,21-22H2/t27-,28+,29-,30+,31?/m1/s1. The molecule has 0 spiro atoms. The third-order valence-corrected chi connectivity index (χ3v) is 6.95. The van der Waals surface area contributed by atoms with Gasteiger partial charge in [-0.15, -0.1) is 0 Å². The first-order valence-corrected chi connectivity index (χ1v) is 12.8. The van der Waals surface area contributed by atoms with Gasteiger partial charge >= 0.3 is 0 Å². The van der Waals surface area contributed by atoms with Gasteiger partial charge in [-0.2, -0.15) is 0 Å². The molecule has 6 nitrogen and oxygen atoms in total. The van der Waals surface area contributed by atoms with Gasteiger partial charge < -0.3 is 29.5 Å². The minimum atomic E-state index is -1.53. The van der Waals surface area contributed by atoms with Gasteiger partial charge in [0.2, 0.25) is 0 Å². The van der Waals surface area contributed by atoms with Crippen LogP contribution in [0.1, 0.15) is 22.3 Å². The Hall–Kier alpha value is -3.36. The van der Waals surface area contributed by atoms with Crippen LogP contribution in [-0.2, 0) is 26.4 Å². The lowest BCUT2D eigenvalue weighted by molar-refractivity contribution is -0.300. The maximum atomic E-state index is 11.2. The van der Waals surface area contributed by atoms with Crippen LogP contribution < -0.4 is 0 Å². The fourth-order valence-corrected chi connectivity index (χ4v) is 4.99. The van der Waals surface area contributed by atoms with Crippen LogP contribution in [0.2, 0.25) is 0 Å². The molecule has 4 aromatic carbocycles. The van der Waals surface area contributed by atoms with E-state index in [2.05, 4.69) is 0 Å². The predicted molar refractivity (Wildman–Crippen MR) is 143 cm³/mol. The number of ether oxygens (including phenoxy) is 3. The Morgan fingerprint density at radius 3 is 1.53 bits per heavy atom. The van der Waals surface area contributed by atoms with E-state index in [0.29, 0.717) is 0 Å². The molecule has 3 N–H and O–H groups in total. The molecule has 0 saturated carbocycles. The topological polar surface area (TPSA) is 88.4 Å². The number of hydrogen-bond acceptors (Lipinski definition) is 6. The molecule has 6 heteroatoms. The van der Waals surface area contributed by atoms with E-state index in [9.17, 15) is 15.3 Å². The summed E-state index contributed by atoms with van der Waals surface area (Å²) in [4.78, 5) is 0. The highest BCUT2D eigenvalue weighted by molar-refractivity contribution is 5.47. The highest BCUT2D eigenvalue weighted by Crippen LogP contribution is 2.41. The maximum absolute atomic E-state index is 11.2. The van der Waals surface area contributed by atoms with Gasteiger partial charge in [0.05, 0.1) is 13.2 Å². The minimum absolute atomic E-state index is 0.0746. The quantitative estimate of drug-likeness (QED) is 0.294. The first-order valence-electron chi connectivity index (χ1n) is 12.8. The van der Waals surface area contributed by atoms with Gasteiger partial charge in [-0.1, -0.05) is 121 Å². The van der Waals surface area contributed by atoms with E-state index < -0.39 is 36.3 Å². The Bertz CT molecular complexity index is 1160. The molecular formula is C32H32O6. The number of hydrogen-bond donors (Lipinski definition) is 3. The normalized spacial score (nSPS) is 23.7. The SMILES string of the molecule is OC1O[C@H](COC(c2ccccc2)(c2ccccc2)c2ccccc2)[C@H](O)[C@H](OCc2ccccc2)[C@H]1O. The van der Waals surface area contributed by atoms with Gasteiger partial charge in [0, 0.05) is 0 Å². The number of benzene rings is 4. The van der Waals surface area contributed by atoms with Gasteiger partial charge in [-0.25, -0.2) is 0 Å². The molecular weight excluding hydrogens is 480 g/mol. The van der Waals surface area contributed by atoms with Crippen molar-refractivity contribution in [2.45, 2.75) is 42.9 Å². The van der Waals surface area contributed by atoms with Crippen molar-refractivity contribution in [3.63, 3.8) is 0 Å². The summed E-state index contributed by atoms with van der Waals surface area (Å²) in [7, 11) is 0. The average Bonchev–Trinajstić information content (AvgIpc) is 2.98. The third kappa shape index (κ3) is 5.42. The summed E-state index contributed by atoms with van der Waals surface area (Å²) in [5, 5.41) is 32.3. The van der Waals surface area contributed by atoms with Gasteiger partial charge in [-0.3, -0.25) is 0 Å². The smallest absolute Gasteiger partial charge is 0.184 e. The lowest BCUT2D eigenvalue weighted by Gasteiger charge is -2.42.